The summed E-state index contributed by atoms with van der Waals surface area (Å²) in [5.74, 6) is 0.571. The molecule has 0 unspecified atom stereocenters. The van der Waals surface area contributed by atoms with Gasteiger partial charge in [0, 0.05) is 18.3 Å². The lowest BCUT2D eigenvalue weighted by Crippen LogP contribution is -2.04. The minimum Gasteiger partial charge on any atom is -0.265 e. The highest BCUT2D eigenvalue weighted by molar-refractivity contribution is 5.88. The molecule has 0 amide bonds. The molecule has 1 heterocycles. The molecule has 0 atom stereocenters. The monoisotopic (exact) mass is 149 g/mol. The summed E-state index contributed by atoms with van der Waals surface area (Å²) in [7, 11) is 0. The van der Waals surface area contributed by atoms with Gasteiger partial charge in [-0.3, -0.25) is 4.99 Å². The number of rotatable bonds is 1. The minimum absolute atomic E-state index is 0.571. The van der Waals surface area contributed by atoms with Crippen LogP contribution in [0.3, 0.4) is 0 Å². The van der Waals surface area contributed by atoms with E-state index >= 15 is 0 Å². The van der Waals surface area contributed by atoms with Crippen molar-refractivity contribution in [1.82, 2.24) is 0 Å². The van der Waals surface area contributed by atoms with Crippen molar-refractivity contribution >= 4 is 5.71 Å². The van der Waals surface area contributed by atoms with Crippen LogP contribution in [0, 0.1) is 5.92 Å². The molecule has 0 aromatic carbocycles. The highest BCUT2D eigenvalue weighted by Gasteiger charge is 2.03. The number of aliphatic imine (C=N–C) groups is 1. The quantitative estimate of drug-likeness (QED) is 0.543. The van der Waals surface area contributed by atoms with E-state index in [2.05, 4.69) is 37.9 Å². The molecular weight excluding hydrogens is 134 g/mol. The summed E-state index contributed by atoms with van der Waals surface area (Å²) < 4.78 is 0. The second-order valence-corrected chi connectivity index (χ2v) is 3.24. The Bertz CT molecular complexity index is 216. The zero-order valence-electron chi connectivity index (χ0n) is 7.46. The first-order chi connectivity index (χ1) is 5.20. The molecule has 0 saturated heterocycles. The van der Waals surface area contributed by atoms with E-state index < -0.39 is 0 Å². The van der Waals surface area contributed by atoms with Crippen LogP contribution in [0.1, 0.15) is 27.2 Å². The number of hydrogen-bond acceptors (Lipinski definition) is 1. The van der Waals surface area contributed by atoms with Crippen molar-refractivity contribution in [3.05, 3.63) is 23.9 Å². The maximum atomic E-state index is 4.36. The molecule has 1 rings (SSSR count). The summed E-state index contributed by atoms with van der Waals surface area (Å²) in [5, 5.41) is 0. The van der Waals surface area contributed by atoms with Gasteiger partial charge in [0.25, 0.3) is 0 Å². The Balaban J connectivity index is 2.73. The van der Waals surface area contributed by atoms with Crippen LogP contribution in [0.5, 0.6) is 0 Å². The van der Waals surface area contributed by atoms with E-state index in [1.54, 1.807) is 0 Å². The second-order valence-electron chi connectivity index (χ2n) is 3.24. The third kappa shape index (κ3) is 2.34. The molecule has 60 valence electrons. The van der Waals surface area contributed by atoms with E-state index in [1.165, 1.54) is 11.3 Å². The molecule has 0 aromatic heterocycles. The van der Waals surface area contributed by atoms with E-state index in [4.69, 9.17) is 0 Å². The summed E-state index contributed by atoms with van der Waals surface area (Å²) in [6.45, 7) is 6.47. The fourth-order valence-corrected chi connectivity index (χ4v) is 1.02. The van der Waals surface area contributed by atoms with Crippen LogP contribution in [0.2, 0.25) is 0 Å². The van der Waals surface area contributed by atoms with Crippen LogP contribution in [0.4, 0.5) is 0 Å². The fraction of sp³-hybridized carbons (Fsp3) is 0.500. The first kappa shape index (κ1) is 8.25. The van der Waals surface area contributed by atoms with Crippen LogP contribution >= 0.6 is 0 Å². The highest BCUT2D eigenvalue weighted by atomic mass is 14.7. The van der Waals surface area contributed by atoms with Gasteiger partial charge in [-0.2, -0.15) is 0 Å². The van der Waals surface area contributed by atoms with Crippen LogP contribution in [0.15, 0.2) is 28.9 Å². The van der Waals surface area contributed by atoms with Gasteiger partial charge in [-0.1, -0.05) is 25.5 Å². The maximum absolute atomic E-state index is 4.36. The normalized spacial score (nSPS) is 17.8. The summed E-state index contributed by atoms with van der Waals surface area (Å²) in [4.78, 5) is 4.36. The van der Waals surface area contributed by atoms with Gasteiger partial charge in [0.2, 0.25) is 0 Å². The Morgan fingerprint density at radius 1 is 1.45 bits per heavy atom. The molecule has 0 saturated carbocycles. The van der Waals surface area contributed by atoms with Gasteiger partial charge in [0.15, 0.2) is 0 Å². The standard InChI is InChI=1S/C10H15N/c1-8(2)10-5-4-9(3)6-7-11-10/h4,6-8H,5H2,1-3H3. The third-order valence-electron chi connectivity index (χ3n) is 1.88. The van der Waals surface area contributed by atoms with Crippen molar-refractivity contribution in [2.75, 3.05) is 0 Å². The predicted molar refractivity (Wildman–Crippen MR) is 49.8 cm³/mol. The molecule has 1 nitrogen and oxygen atoms in total. The van der Waals surface area contributed by atoms with Gasteiger partial charge < -0.3 is 0 Å². The van der Waals surface area contributed by atoms with E-state index in [-0.39, 0.29) is 0 Å². The van der Waals surface area contributed by atoms with Crippen molar-refractivity contribution in [3.8, 4) is 0 Å². The zero-order valence-corrected chi connectivity index (χ0v) is 7.46. The summed E-state index contributed by atoms with van der Waals surface area (Å²) in [6, 6.07) is 0. The summed E-state index contributed by atoms with van der Waals surface area (Å²) in [6.07, 6.45) is 7.18. The van der Waals surface area contributed by atoms with Gasteiger partial charge in [-0.05, 0) is 18.9 Å². The van der Waals surface area contributed by atoms with Crippen molar-refractivity contribution in [2.24, 2.45) is 10.9 Å². The average molecular weight is 149 g/mol. The highest BCUT2D eigenvalue weighted by Crippen LogP contribution is 2.09. The van der Waals surface area contributed by atoms with Crippen LogP contribution in [-0.4, -0.2) is 5.71 Å². The lowest BCUT2D eigenvalue weighted by molar-refractivity contribution is 0.867. The van der Waals surface area contributed by atoms with Crippen molar-refractivity contribution in [3.63, 3.8) is 0 Å². The Morgan fingerprint density at radius 2 is 2.18 bits per heavy atom. The Kier molecular flexibility index (Phi) is 2.64. The van der Waals surface area contributed by atoms with Crippen LogP contribution in [-0.2, 0) is 0 Å². The van der Waals surface area contributed by atoms with Crippen LogP contribution < -0.4 is 0 Å². The Morgan fingerprint density at radius 3 is 2.82 bits per heavy atom. The topological polar surface area (TPSA) is 12.4 Å². The third-order valence-corrected chi connectivity index (χ3v) is 1.88. The molecule has 0 aromatic rings. The molecule has 0 bridgehead atoms. The number of hydrogen-bond donors (Lipinski definition) is 0. The SMILES string of the molecule is CC1=CCC(C(C)C)=NC=C1. The van der Waals surface area contributed by atoms with Crippen LogP contribution in [0.25, 0.3) is 0 Å². The minimum atomic E-state index is 0.571. The first-order valence-electron chi connectivity index (χ1n) is 4.10. The first-order valence-corrected chi connectivity index (χ1v) is 4.10. The molecule has 0 aliphatic carbocycles. The van der Waals surface area contributed by atoms with E-state index in [0.29, 0.717) is 5.92 Å². The smallest absolute Gasteiger partial charge is 0.0269 e. The molecule has 1 heteroatoms. The number of nitrogens with zero attached hydrogens (tertiary/aromatic N) is 1. The molecule has 11 heavy (non-hydrogen) atoms. The zero-order chi connectivity index (χ0) is 8.27. The molecule has 0 N–H and O–H groups in total. The molecule has 0 radical (unpaired) electrons. The van der Waals surface area contributed by atoms with Gasteiger partial charge >= 0.3 is 0 Å². The lowest BCUT2D eigenvalue weighted by Gasteiger charge is -2.04. The predicted octanol–water partition coefficient (Wildman–Crippen LogP) is 2.95. The van der Waals surface area contributed by atoms with Gasteiger partial charge in [0.1, 0.15) is 0 Å². The Hall–Kier alpha value is -0.850. The van der Waals surface area contributed by atoms with E-state index in [9.17, 15) is 0 Å². The average Bonchev–Trinajstić information content (AvgIpc) is 2.13. The molecule has 0 spiro atoms. The van der Waals surface area contributed by atoms with Gasteiger partial charge in [-0.25, -0.2) is 0 Å². The molecule has 1 aliphatic heterocycles. The van der Waals surface area contributed by atoms with Crippen molar-refractivity contribution < 1.29 is 0 Å². The molecular formula is C10H15N. The number of allylic oxidation sites excluding steroid dienone is 3. The summed E-state index contributed by atoms with van der Waals surface area (Å²) in [5.41, 5.74) is 2.59. The van der Waals surface area contributed by atoms with E-state index in [0.717, 1.165) is 6.42 Å². The summed E-state index contributed by atoms with van der Waals surface area (Å²) >= 11 is 0. The van der Waals surface area contributed by atoms with Gasteiger partial charge in [-0.15, -0.1) is 0 Å². The van der Waals surface area contributed by atoms with Crippen molar-refractivity contribution in [2.45, 2.75) is 27.2 Å². The largest absolute Gasteiger partial charge is 0.265 e. The Labute approximate surface area is 68.5 Å². The van der Waals surface area contributed by atoms with Crippen molar-refractivity contribution in [1.29, 1.82) is 0 Å². The molecule has 1 aliphatic rings. The van der Waals surface area contributed by atoms with E-state index in [1.807, 2.05) is 6.20 Å². The fourth-order valence-electron chi connectivity index (χ4n) is 1.02. The lowest BCUT2D eigenvalue weighted by atomic mass is 10.0. The maximum Gasteiger partial charge on any atom is 0.0269 e. The molecule has 0 fully saturated rings. The van der Waals surface area contributed by atoms with Gasteiger partial charge in [0.05, 0.1) is 0 Å². The second kappa shape index (κ2) is 3.51.